The van der Waals surface area contributed by atoms with Gasteiger partial charge in [-0.05, 0) is 27.1 Å². The van der Waals surface area contributed by atoms with Crippen molar-refractivity contribution in [3.05, 3.63) is 27.3 Å². The molecule has 1 aromatic carbocycles. The van der Waals surface area contributed by atoms with Gasteiger partial charge in [0.25, 0.3) is 5.69 Å². The SMILES string of the molecule is Cc1nc2cc(NCCN(C)C)c([N+](=O)[O-])cc2s1. The Morgan fingerprint density at radius 3 is 2.84 bits per heavy atom. The number of rotatable bonds is 5. The fourth-order valence-corrected chi connectivity index (χ4v) is 2.63. The molecule has 102 valence electrons. The molecule has 2 rings (SSSR count). The van der Waals surface area contributed by atoms with Crippen LogP contribution in [0.5, 0.6) is 0 Å². The van der Waals surface area contributed by atoms with Crippen LogP contribution in [-0.4, -0.2) is 42.0 Å². The topological polar surface area (TPSA) is 71.3 Å². The lowest BCUT2D eigenvalue weighted by atomic mass is 10.2. The summed E-state index contributed by atoms with van der Waals surface area (Å²) in [5.41, 5.74) is 1.44. The lowest BCUT2D eigenvalue weighted by Crippen LogP contribution is -2.21. The Balaban J connectivity index is 2.33. The van der Waals surface area contributed by atoms with Gasteiger partial charge in [-0.25, -0.2) is 4.98 Å². The Labute approximate surface area is 115 Å². The van der Waals surface area contributed by atoms with Crippen LogP contribution in [0, 0.1) is 17.0 Å². The summed E-state index contributed by atoms with van der Waals surface area (Å²) in [6, 6.07) is 3.35. The Morgan fingerprint density at radius 1 is 1.47 bits per heavy atom. The minimum atomic E-state index is -0.355. The molecule has 0 bridgehead atoms. The number of aromatic nitrogens is 1. The van der Waals surface area contributed by atoms with Crippen molar-refractivity contribution in [2.45, 2.75) is 6.92 Å². The van der Waals surface area contributed by atoms with Crippen LogP contribution >= 0.6 is 11.3 Å². The summed E-state index contributed by atoms with van der Waals surface area (Å²) in [5.74, 6) is 0. The predicted octanol–water partition coefficient (Wildman–Crippen LogP) is 2.49. The van der Waals surface area contributed by atoms with Gasteiger partial charge in [-0.15, -0.1) is 11.3 Å². The van der Waals surface area contributed by atoms with E-state index in [4.69, 9.17) is 0 Å². The summed E-state index contributed by atoms with van der Waals surface area (Å²) in [6.45, 7) is 3.36. The average molecular weight is 280 g/mol. The number of likely N-dealkylation sites (N-methyl/N-ethyl adjacent to an activating group) is 1. The minimum absolute atomic E-state index is 0.106. The molecule has 0 aliphatic carbocycles. The van der Waals surface area contributed by atoms with Crippen molar-refractivity contribution in [3.8, 4) is 0 Å². The Bertz CT molecular complexity index is 609. The zero-order valence-electron chi connectivity index (χ0n) is 11.1. The van der Waals surface area contributed by atoms with E-state index in [1.807, 2.05) is 25.9 Å². The van der Waals surface area contributed by atoms with Gasteiger partial charge in [0.15, 0.2) is 0 Å². The number of aryl methyl sites for hydroxylation is 1. The van der Waals surface area contributed by atoms with E-state index in [9.17, 15) is 10.1 Å². The van der Waals surface area contributed by atoms with Gasteiger partial charge in [-0.1, -0.05) is 0 Å². The number of nitrogens with one attached hydrogen (secondary N) is 1. The molecule has 0 saturated heterocycles. The van der Waals surface area contributed by atoms with E-state index < -0.39 is 0 Å². The lowest BCUT2D eigenvalue weighted by Gasteiger charge is -2.11. The van der Waals surface area contributed by atoms with E-state index in [1.54, 1.807) is 12.1 Å². The molecular formula is C12H16N4O2S. The van der Waals surface area contributed by atoms with Crippen LogP contribution in [-0.2, 0) is 0 Å². The van der Waals surface area contributed by atoms with Gasteiger partial charge < -0.3 is 10.2 Å². The third kappa shape index (κ3) is 3.18. The maximum Gasteiger partial charge on any atom is 0.293 e. The molecule has 0 saturated carbocycles. The number of thiazole rings is 1. The van der Waals surface area contributed by atoms with Gasteiger partial charge in [0.1, 0.15) is 5.69 Å². The van der Waals surface area contributed by atoms with Gasteiger partial charge in [0, 0.05) is 19.2 Å². The van der Waals surface area contributed by atoms with Crippen LogP contribution in [0.2, 0.25) is 0 Å². The van der Waals surface area contributed by atoms with Crippen LogP contribution in [0.4, 0.5) is 11.4 Å². The monoisotopic (exact) mass is 280 g/mol. The molecule has 0 aliphatic heterocycles. The number of anilines is 1. The number of hydrogen-bond donors (Lipinski definition) is 1. The number of fused-ring (bicyclic) bond motifs is 1. The molecule has 2 aromatic rings. The van der Waals surface area contributed by atoms with Crippen LogP contribution < -0.4 is 5.32 Å². The Morgan fingerprint density at radius 2 is 2.21 bits per heavy atom. The van der Waals surface area contributed by atoms with Gasteiger partial charge in [0.05, 0.1) is 20.1 Å². The van der Waals surface area contributed by atoms with Crippen molar-refractivity contribution < 1.29 is 4.92 Å². The second kappa shape index (κ2) is 5.50. The molecule has 6 nitrogen and oxygen atoms in total. The quantitative estimate of drug-likeness (QED) is 0.673. The second-order valence-corrected chi connectivity index (χ2v) is 5.79. The van der Waals surface area contributed by atoms with E-state index in [2.05, 4.69) is 10.3 Å². The molecule has 0 spiro atoms. The fraction of sp³-hybridized carbons (Fsp3) is 0.417. The Kier molecular flexibility index (Phi) is 3.96. The number of nitrogens with zero attached hydrogens (tertiary/aromatic N) is 3. The molecule has 0 atom stereocenters. The van der Waals surface area contributed by atoms with Crippen molar-refractivity contribution in [2.24, 2.45) is 0 Å². The predicted molar refractivity (Wildman–Crippen MR) is 78.1 cm³/mol. The van der Waals surface area contributed by atoms with Crippen molar-refractivity contribution in [3.63, 3.8) is 0 Å². The average Bonchev–Trinajstić information content (AvgIpc) is 2.66. The van der Waals surface area contributed by atoms with Crippen molar-refractivity contribution in [1.29, 1.82) is 0 Å². The van der Waals surface area contributed by atoms with E-state index in [0.29, 0.717) is 12.2 Å². The number of hydrogen-bond acceptors (Lipinski definition) is 6. The number of nitro benzene ring substituents is 1. The number of benzene rings is 1. The Hall–Kier alpha value is -1.73. The fourth-order valence-electron chi connectivity index (χ4n) is 1.79. The van der Waals surface area contributed by atoms with Gasteiger partial charge in [0.2, 0.25) is 0 Å². The van der Waals surface area contributed by atoms with Crippen LogP contribution in [0.15, 0.2) is 12.1 Å². The highest BCUT2D eigenvalue weighted by molar-refractivity contribution is 7.18. The highest BCUT2D eigenvalue weighted by Gasteiger charge is 2.16. The third-order valence-corrected chi connectivity index (χ3v) is 3.62. The maximum atomic E-state index is 11.1. The van der Waals surface area contributed by atoms with Gasteiger partial charge in [-0.2, -0.15) is 0 Å². The minimum Gasteiger partial charge on any atom is -0.378 e. The molecule has 1 heterocycles. The normalized spacial score (nSPS) is 11.2. The first-order valence-corrected chi connectivity index (χ1v) is 6.73. The largest absolute Gasteiger partial charge is 0.378 e. The summed E-state index contributed by atoms with van der Waals surface area (Å²) < 4.78 is 0.849. The first-order valence-electron chi connectivity index (χ1n) is 5.91. The second-order valence-electron chi connectivity index (χ2n) is 4.56. The third-order valence-electron chi connectivity index (χ3n) is 2.68. The molecule has 0 unspecified atom stereocenters. The van der Waals surface area contributed by atoms with Gasteiger partial charge >= 0.3 is 0 Å². The molecule has 19 heavy (non-hydrogen) atoms. The molecule has 0 amide bonds. The zero-order chi connectivity index (χ0) is 14.0. The standard InChI is InChI=1S/C12H16N4O2S/c1-8-14-10-6-9(13-4-5-15(2)3)11(16(17)18)7-12(10)19-8/h6-7,13H,4-5H2,1-3H3. The first kappa shape index (κ1) is 13.7. The summed E-state index contributed by atoms with van der Waals surface area (Å²) in [7, 11) is 3.92. The van der Waals surface area contributed by atoms with E-state index in [-0.39, 0.29) is 10.6 Å². The molecule has 1 aromatic heterocycles. The zero-order valence-corrected chi connectivity index (χ0v) is 12.0. The molecular weight excluding hydrogens is 264 g/mol. The molecule has 0 fully saturated rings. The van der Waals surface area contributed by atoms with E-state index in [0.717, 1.165) is 21.8 Å². The molecule has 7 heteroatoms. The smallest absolute Gasteiger partial charge is 0.293 e. The van der Waals surface area contributed by atoms with E-state index in [1.165, 1.54) is 11.3 Å². The van der Waals surface area contributed by atoms with Crippen molar-refractivity contribution in [1.82, 2.24) is 9.88 Å². The van der Waals surface area contributed by atoms with Crippen LogP contribution in [0.3, 0.4) is 0 Å². The molecule has 0 aliphatic rings. The summed E-state index contributed by atoms with van der Waals surface area (Å²) >= 11 is 1.47. The maximum absolute atomic E-state index is 11.1. The van der Waals surface area contributed by atoms with Crippen LogP contribution in [0.25, 0.3) is 10.2 Å². The van der Waals surface area contributed by atoms with Gasteiger partial charge in [-0.3, -0.25) is 10.1 Å². The highest BCUT2D eigenvalue weighted by atomic mass is 32.1. The summed E-state index contributed by atoms with van der Waals surface area (Å²) in [4.78, 5) is 17.1. The summed E-state index contributed by atoms with van der Waals surface area (Å²) in [6.07, 6.45) is 0. The summed E-state index contributed by atoms with van der Waals surface area (Å²) in [5, 5.41) is 15.1. The number of nitro groups is 1. The first-order chi connectivity index (χ1) is 8.97. The van der Waals surface area contributed by atoms with Crippen molar-refractivity contribution in [2.75, 3.05) is 32.5 Å². The van der Waals surface area contributed by atoms with E-state index >= 15 is 0 Å². The highest BCUT2D eigenvalue weighted by Crippen LogP contribution is 2.32. The lowest BCUT2D eigenvalue weighted by molar-refractivity contribution is -0.383. The van der Waals surface area contributed by atoms with Crippen LogP contribution in [0.1, 0.15) is 5.01 Å². The molecule has 0 radical (unpaired) electrons. The van der Waals surface area contributed by atoms with Crippen molar-refractivity contribution >= 4 is 32.9 Å². The molecule has 1 N–H and O–H groups in total.